The molecule has 0 aromatic heterocycles. The highest BCUT2D eigenvalue weighted by Crippen LogP contribution is 2.22. The van der Waals surface area contributed by atoms with Gasteiger partial charge in [0.25, 0.3) is 0 Å². The summed E-state index contributed by atoms with van der Waals surface area (Å²) in [4.78, 5) is 10.9. The van der Waals surface area contributed by atoms with E-state index < -0.39 is 11.4 Å². The third kappa shape index (κ3) is 3.73. The fourth-order valence-electron chi connectivity index (χ4n) is 1.24. The third-order valence-electron chi connectivity index (χ3n) is 2.70. The molecular weight excluding hydrogens is 223 g/mol. The summed E-state index contributed by atoms with van der Waals surface area (Å²) >= 11 is 0. The van der Waals surface area contributed by atoms with Gasteiger partial charge in [0.05, 0.1) is 12.0 Å². The van der Waals surface area contributed by atoms with Crippen LogP contribution in [0.25, 0.3) is 0 Å². The molecule has 0 spiro atoms. The predicted molar refractivity (Wildman–Crippen MR) is 62.7 cm³/mol. The molecule has 0 fully saturated rings. The SMILES string of the molecule is Cc1cc(OCCC(C)(C)C(=O)O)ccc1F. The minimum Gasteiger partial charge on any atom is -0.494 e. The van der Waals surface area contributed by atoms with Crippen LogP contribution in [0, 0.1) is 18.2 Å². The van der Waals surface area contributed by atoms with Crippen molar-refractivity contribution in [3.05, 3.63) is 29.6 Å². The molecule has 17 heavy (non-hydrogen) atoms. The van der Waals surface area contributed by atoms with Gasteiger partial charge in [-0.25, -0.2) is 4.39 Å². The topological polar surface area (TPSA) is 46.5 Å². The Morgan fingerprint density at radius 2 is 2.12 bits per heavy atom. The van der Waals surface area contributed by atoms with Crippen LogP contribution in [0.1, 0.15) is 25.8 Å². The number of hydrogen-bond donors (Lipinski definition) is 1. The van der Waals surface area contributed by atoms with E-state index in [-0.39, 0.29) is 5.82 Å². The summed E-state index contributed by atoms with van der Waals surface area (Å²) in [6.07, 6.45) is 0.402. The number of aliphatic carboxylic acids is 1. The van der Waals surface area contributed by atoms with Crippen molar-refractivity contribution in [2.24, 2.45) is 5.41 Å². The lowest BCUT2D eigenvalue weighted by Crippen LogP contribution is -2.25. The summed E-state index contributed by atoms with van der Waals surface area (Å²) in [7, 11) is 0. The number of carboxylic acids is 1. The summed E-state index contributed by atoms with van der Waals surface area (Å²) in [6, 6.07) is 4.48. The minimum absolute atomic E-state index is 0.275. The number of carbonyl (C=O) groups is 1. The number of carboxylic acid groups (broad SMARTS) is 1. The van der Waals surface area contributed by atoms with Gasteiger partial charge in [-0.3, -0.25) is 4.79 Å². The number of ether oxygens (including phenoxy) is 1. The van der Waals surface area contributed by atoms with Crippen LogP contribution in [0.4, 0.5) is 4.39 Å². The lowest BCUT2D eigenvalue weighted by molar-refractivity contribution is -0.147. The van der Waals surface area contributed by atoms with Crippen LogP contribution < -0.4 is 4.74 Å². The molecule has 1 aromatic rings. The molecule has 0 amide bonds. The van der Waals surface area contributed by atoms with Gasteiger partial charge in [-0.2, -0.15) is 0 Å². The molecule has 4 heteroatoms. The minimum atomic E-state index is -0.851. The van der Waals surface area contributed by atoms with Gasteiger partial charge < -0.3 is 9.84 Å². The van der Waals surface area contributed by atoms with Gasteiger partial charge in [0.1, 0.15) is 11.6 Å². The summed E-state index contributed by atoms with van der Waals surface area (Å²) in [5.41, 5.74) is -0.297. The van der Waals surface area contributed by atoms with Gasteiger partial charge in [0, 0.05) is 0 Å². The van der Waals surface area contributed by atoms with Crippen LogP contribution in [0.15, 0.2) is 18.2 Å². The Kier molecular flexibility index (Phi) is 4.10. The summed E-state index contributed by atoms with van der Waals surface area (Å²) in [5.74, 6) is -0.565. The lowest BCUT2D eigenvalue weighted by atomic mass is 9.90. The van der Waals surface area contributed by atoms with Crippen molar-refractivity contribution in [1.29, 1.82) is 0 Å². The molecule has 94 valence electrons. The molecule has 0 aliphatic heterocycles. The molecule has 0 aliphatic rings. The van der Waals surface area contributed by atoms with Crippen LogP contribution in [0.2, 0.25) is 0 Å². The first-order valence-corrected chi connectivity index (χ1v) is 5.45. The molecule has 1 rings (SSSR count). The van der Waals surface area contributed by atoms with Crippen LogP contribution in [-0.2, 0) is 4.79 Å². The molecular formula is C13H17FO3. The van der Waals surface area contributed by atoms with Crippen molar-refractivity contribution in [3.8, 4) is 5.75 Å². The zero-order valence-corrected chi connectivity index (χ0v) is 10.3. The summed E-state index contributed by atoms with van der Waals surface area (Å²) in [5, 5.41) is 8.91. The Balaban J connectivity index is 2.51. The van der Waals surface area contributed by atoms with E-state index in [0.29, 0.717) is 24.3 Å². The van der Waals surface area contributed by atoms with E-state index in [1.54, 1.807) is 26.8 Å². The van der Waals surface area contributed by atoms with E-state index >= 15 is 0 Å². The number of aryl methyl sites for hydroxylation is 1. The standard InChI is InChI=1S/C13H17FO3/c1-9-8-10(4-5-11(9)14)17-7-6-13(2,3)12(15)16/h4-5,8H,6-7H2,1-3H3,(H,15,16). The van der Waals surface area contributed by atoms with E-state index in [9.17, 15) is 9.18 Å². The quantitative estimate of drug-likeness (QED) is 0.860. The fraction of sp³-hybridized carbons (Fsp3) is 0.462. The number of rotatable bonds is 5. The van der Waals surface area contributed by atoms with Gasteiger partial charge in [-0.1, -0.05) is 0 Å². The Morgan fingerprint density at radius 3 is 2.65 bits per heavy atom. The summed E-state index contributed by atoms with van der Waals surface area (Å²) in [6.45, 7) is 5.25. The highest BCUT2D eigenvalue weighted by Gasteiger charge is 2.26. The van der Waals surface area contributed by atoms with E-state index in [1.807, 2.05) is 0 Å². The molecule has 0 aliphatic carbocycles. The predicted octanol–water partition coefficient (Wildman–Crippen LogP) is 3.01. The second-order valence-corrected chi connectivity index (χ2v) is 4.70. The Hall–Kier alpha value is -1.58. The third-order valence-corrected chi connectivity index (χ3v) is 2.70. The monoisotopic (exact) mass is 240 g/mol. The normalized spacial score (nSPS) is 11.3. The van der Waals surface area contributed by atoms with Crippen molar-refractivity contribution in [2.75, 3.05) is 6.61 Å². The Bertz CT molecular complexity index is 413. The van der Waals surface area contributed by atoms with Crippen molar-refractivity contribution in [1.82, 2.24) is 0 Å². The molecule has 1 aromatic carbocycles. The number of halogens is 1. The first-order valence-electron chi connectivity index (χ1n) is 5.45. The van der Waals surface area contributed by atoms with E-state index in [0.717, 1.165) is 0 Å². The molecule has 0 saturated heterocycles. The lowest BCUT2D eigenvalue weighted by Gasteiger charge is -2.19. The number of benzene rings is 1. The average Bonchev–Trinajstić information content (AvgIpc) is 2.23. The molecule has 0 saturated carbocycles. The average molecular weight is 240 g/mol. The maximum absolute atomic E-state index is 13.0. The Labute approximate surface area is 100 Å². The zero-order chi connectivity index (χ0) is 13.1. The molecule has 0 bridgehead atoms. The highest BCUT2D eigenvalue weighted by molar-refractivity contribution is 5.73. The van der Waals surface area contributed by atoms with Crippen LogP contribution >= 0.6 is 0 Å². The second kappa shape index (κ2) is 5.17. The first kappa shape index (κ1) is 13.5. The molecule has 0 radical (unpaired) electrons. The molecule has 0 atom stereocenters. The zero-order valence-electron chi connectivity index (χ0n) is 10.3. The van der Waals surface area contributed by atoms with E-state index in [1.165, 1.54) is 12.1 Å². The summed E-state index contributed by atoms with van der Waals surface area (Å²) < 4.78 is 18.4. The van der Waals surface area contributed by atoms with Crippen molar-refractivity contribution in [3.63, 3.8) is 0 Å². The van der Waals surface area contributed by atoms with Crippen LogP contribution in [-0.4, -0.2) is 17.7 Å². The largest absolute Gasteiger partial charge is 0.494 e. The van der Waals surface area contributed by atoms with Gasteiger partial charge in [0.15, 0.2) is 0 Å². The van der Waals surface area contributed by atoms with Crippen molar-refractivity contribution >= 4 is 5.97 Å². The molecule has 0 unspecified atom stereocenters. The maximum atomic E-state index is 13.0. The van der Waals surface area contributed by atoms with Crippen LogP contribution in [0.5, 0.6) is 5.75 Å². The van der Waals surface area contributed by atoms with Gasteiger partial charge in [-0.15, -0.1) is 0 Å². The van der Waals surface area contributed by atoms with Gasteiger partial charge in [0.2, 0.25) is 0 Å². The smallest absolute Gasteiger partial charge is 0.309 e. The van der Waals surface area contributed by atoms with Gasteiger partial charge in [-0.05, 0) is 51.0 Å². The Morgan fingerprint density at radius 1 is 1.47 bits per heavy atom. The first-order chi connectivity index (χ1) is 7.83. The van der Waals surface area contributed by atoms with Crippen molar-refractivity contribution < 1.29 is 19.0 Å². The fourth-order valence-corrected chi connectivity index (χ4v) is 1.24. The molecule has 1 N–H and O–H groups in total. The molecule has 0 heterocycles. The highest BCUT2D eigenvalue weighted by atomic mass is 19.1. The van der Waals surface area contributed by atoms with Gasteiger partial charge >= 0.3 is 5.97 Å². The second-order valence-electron chi connectivity index (χ2n) is 4.70. The number of hydrogen-bond acceptors (Lipinski definition) is 2. The van der Waals surface area contributed by atoms with Crippen molar-refractivity contribution in [2.45, 2.75) is 27.2 Å². The van der Waals surface area contributed by atoms with Crippen LogP contribution in [0.3, 0.4) is 0 Å². The maximum Gasteiger partial charge on any atom is 0.309 e. The van der Waals surface area contributed by atoms with E-state index in [2.05, 4.69) is 0 Å². The van der Waals surface area contributed by atoms with E-state index in [4.69, 9.17) is 9.84 Å². The molecule has 3 nitrogen and oxygen atoms in total.